The first-order valence-corrected chi connectivity index (χ1v) is 8.48. The van der Waals surface area contributed by atoms with Crippen molar-refractivity contribution >= 4 is 23.2 Å². The van der Waals surface area contributed by atoms with Crippen molar-refractivity contribution < 1.29 is 9.53 Å². The maximum Gasteiger partial charge on any atom is 0.227 e. The van der Waals surface area contributed by atoms with E-state index in [-0.39, 0.29) is 11.9 Å². The average Bonchev–Trinajstić information content (AvgIpc) is 2.55. The minimum atomic E-state index is 0.0777. The van der Waals surface area contributed by atoms with Crippen molar-refractivity contribution in [1.29, 1.82) is 0 Å². The molecular weight excluding hydrogens is 324 g/mol. The van der Waals surface area contributed by atoms with Crippen molar-refractivity contribution in [2.75, 3.05) is 11.5 Å². The number of aromatic nitrogens is 1. The Morgan fingerprint density at radius 2 is 2.12 bits per heavy atom. The van der Waals surface area contributed by atoms with Gasteiger partial charge in [0.25, 0.3) is 0 Å². The van der Waals surface area contributed by atoms with E-state index in [2.05, 4.69) is 4.98 Å². The largest absolute Gasteiger partial charge is 0.494 e. The molecule has 0 bridgehead atoms. The Labute approximate surface area is 148 Å². The van der Waals surface area contributed by atoms with Crippen LogP contribution in [0.15, 0.2) is 42.7 Å². The van der Waals surface area contributed by atoms with Gasteiger partial charge in [-0.05, 0) is 63.1 Å². The van der Waals surface area contributed by atoms with Crippen molar-refractivity contribution in [3.8, 4) is 5.75 Å². The zero-order chi connectivity index (χ0) is 17.5. The van der Waals surface area contributed by atoms with Crippen LogP contribution in [-0.2, 0) is 4.79 Å². The van der Waals surface area contributed by atoms with Gasteiger partial charge in [-0.1, -0.05) is 11.6 Å². The van der Waals surface area contributed by atoms with Gasteiger partial charge in [-0.2, -0.15) is 0 Å². The van der Waals surface area contributed by atoms with Crippen molar-refractivity contribution in [2.45, 2.75) is 39.7 Å². The predicted octanol–water partition coefficient (Wildman–Crippen LogP) is 4.64. The molecule has 1 heterocycles. The quantitative estimate of drug-likeness (QED) is 0.685. The van der Waals surface area contributed by atoms with Gasteiger partial charge >= 0.3 is 0 Å². The Morgan fingerprint density at radius 3 is 2.75 bits per heavy atom. The van der Waals surface area contributed by atoms with Crippen LogP contribution in [0.3, 0.4) is 0 Å². The highest BCUT2D eigenvalue weighted by molar-refractivity contribution is 6.31. The third kappa shape index (κ3) is 4.96. The van der Waals surface area contributed by atoms with E-state index in [1.807, 2.05) is 51.1 Å². The lowest BCUT2D eigenvalue weighted by Gasteiger charge is -2.26. The van der Waals surface area contributed by atoms with Gasteiger partial charge in [0.2, 0.25) is 5.91 Å². The van der Waals surface area contributed by atoms with Gasteiger partial charge in [0.05, 0.1) is 18.5 Å². The van der Waals surface area contributed by atoms with Crippen LogP contribution in [0.5, 0.6) is 5.75 Å². The van der Waals surface area contributed by atoms with Crippen LogP contribution in [0.1, 0.15) is 32.3 Å². The molecule has 1 aromatic carbocycles. The number of ether oxygens (including phenoxy) is 1. The summed E-state index contributed by atoms with van der Waals surface area (Å²) < 4.78 is 5.70. The van der Waals surface area contributed by atoms with Crippen LogP contribution in [0.2, 0.25) is 5.02 Å². The fraction of sp³-hybridized carbons (Fsp3) is 0.368. The number of pyridine rings is 1. The second kappa shape index (κ2) is 8.69. The minimum Gasteiger partial charge on any atom is -0.494 e. The van der Waals surface area contributed by atoms with E-state index >= 15 is 0 Å². The number of hydrogen-bond donors (Lipinski definition) is 0. The smallest absolute Gasteiger partial charge is 0.227 e. The first kappa shape index (κ1) is 18.3. The lowest BCUT2D eigenvalue weighted by Crippen LogP contribution is -2.37. The molecule has 2 aromatic rings. The Balaban J connectivity index is 1.86. The number of carbonyl (C=O) groups is 1. The molecule has 0 aliphatic carbocycles. The van der Waals surface area contributed by atoms with Gasteiger partial charge in [0, 0.05) is 23.7 Å². The summed E-state index contributed by atoms with van der Waals surface area (Å²) in [6.45, 7) is 6.43. The SMILES string of the molecule is Cc1cc(OCCCC(=O)N(c2cccnc2)C(C)C)ccc1Cl. The molecule has 0 N–H and O–H groups in total. The average molecular weight is 347 g/mol. The summed E-state index contributed by atoms with van der Waals surface area (Å²) in [7, 11) is 0. The van der Waals surface area contributed by atoms with E-state index in [4.69, 9.17) is 16.3 Å². The third-order valence-electron chi connectivity index (χ3n) is 3.64. The Hall–Kier alpha value is -2.07. The van der Waals surface area contributed by atoms with E-state index in [0.29, 0.717) is 19.4 Å². The number of anilines is 1. The molecule has 0 spiro atoms. The number of aryl methyl sites for hydroxylation is 1. The predicted molar refractivity (Wildman–Crippen MR) is 97.8 cm³/mol. The summed E-state index contributed by atoms with van der Waals surface area (Å²) in [6, 6.07) is 9.39. The molecule has 128 valence electrons. The van der Waals surface area contributed by atoms with E-state index in [0.717, 1.165) is 22.0 Å². The first-order valence-electron chi connectivity index (χ1n) is 8.10. The molecule has 0 saturated heterocycles. The summed E-state index contributed by atoms with van der Waals surface area (Å²) in [5, 5.41) is 0.724. The van der Waals surface area contributed by atoms with Gasteiger partial charge in [-0.25, -0.2) is 0 Å². The van der Waals surface area contributed by atoms with Gasteiger partial charge in [0.1, 0.15) is 5.75 Å². The monoisotopic (exact) mass is 346 g/mol. The van der Waals surface area contributed by atoms with E-state index in [1.165, 1.54) is 0 Å². The molecule has 4 nitrogen and oxygen atoms in total. The highest BCUT2D eigenvalue weighted by atomic mass is 35.5. The minimum absolute atomic E-state index is 0.0777. The third-order valence-corrected chi connectivity index (χ3v) is 4.07. The Morgan fingerprint density at radius 1 is 1.33 bits per heavy atom. The molecule has 0 atom stereocenters. The fourth-order valence-electron chi connectivity index (χ4n) is 2.47. The van der Waals surface area contributed by atoms with Crippen LogP contribution in [-0.4, -0.2) is 23.5 Å². The van der Waals surface area contributed by atoms with Crippen LogP contribution in [0.25, 0.3) is 0 Å². The molecular formula is C19H23ClN2O2. The maximum absolute atomic E-state index is 12.5. The van der Waals surface area contributed by atoms with Crippen LogP contribution in [0.4, 0.5) is 5.69 Å². The van der Waals surface area contributed by atoms with Crippen LogP contribution >= 0.6 is 11.6 Å². The summed E-state index contributed by atoms with van der Waals surface area (Å²) in [5.41, 5.74) is 1.81. The van der Waals surface area contributed by atoms with Crippen molar-refractivity contribution in [2.24, 2.45) is 0 Å². The molecule has 0 radical (unpaired) electrons. The molecule has 5 heteroatoms. The molecule has 1 aromatic heterocycles. The Kier molecular flexibility index (Phi) is 6.62. The molecule has 0 fully saturated rings. The normalized spacial score (nSPS) is 10.7. The van der Waals surface area contributed by atoms with E-state index < -0.39 is 0 Å². The van der Waals surface area contributed by atoms with E-state index in [1.54, 1.807) is 17.3 Å². The second-order valence-electron chi connectivity index (χ2n) is 5.93. The number of hydrogen-bond acceptors (Lipinski definition) is 3. The number of carbonyl (C=O) groups excluding carboxylic acids is 1. The van der Waals surface area contributed by atoms with Crippen LogP contribution < -0.4 is 9.64 Å². The summed E-state index contributed by atoms with van der Waals surface area (Å²) >= 11 is 6.00. The zero-order valence-corrected chi connectivity index (χ0v) is 15.1. The lowest BCUT2D eigenvalue weighted by atomic mass is 10.2. The van der Waals surface area contributed by atoms with Crippen molar-refractivity contribution in [3.63, 3.8) is 0 Å². The summed E-state index contributed by atoms with van der Waals surface area (Å²) in [6.07, 6.45) is 4.50. The maximum atomic E-state index is 12.5. The molecule has 0 aliphatic rings. The summed E-state index contributed by atoms with van der Waals surface area (Å²) in [5.74, 6) is 0.853. The first-order chi connectivity index (χ1) is 11.5. The zero-order valence-electron chi connectivity index (χ0n) is 14.3. The topological polar surface area (TPSA) is 42.4 Å². The number of rotatable bonds is 7. The van der Waals surface area contributed by atoms with Crippen molar-refractivity contribution in [3.05, 3.63) is 53.3 Å². The van der Waals surface area contributed by atoms with Crippen molar-refractivity contribution in [1.82, 2.24) is 4.98 Å². The highest BCUT2D eigenvalue weighted by Crippen LogP contribution is 2.21. The molecule has 0 unspecified atom stereocenters. The Bertz CT molecular complexity index is 674. The standard InChI is InChI=1S/C19H23ClN2O2/c1-14(2)22(16-6-4-10-21-13-16)19(23)7-5-11-24-17-8-9-18(20)15(3)12-17/h4,6,8-10,12-14H,5,7,11H2,1-3H3. The number of nitrogens with zero attached hydrogens (tertiary/aromatic N) is 2. The van der Waals surface area contributed by atoms with Gasteiger partial charge in [-0.3, -0.25) is 9.78 Å². The molecule has 0 saturated carbocycles. The number of halogens is 1. The molecule has 1 amide bonds. The number of amides is 1. The van der Waals surface area contributed by atoms with Gasteiger partial charge < -0.3 is 9.64 Å². The van der Waals surface area contributed by atoms with E-state index in [9.17, 15) is 4.79 Å². The second-order valence-corrected chi connectivity index (χ2v) is 6.34. The van der Waals surface area contributed by atoms with Gasteiger partial charge in [0.15, 0.2) is 0 Å². The molecule has 2 rings (SSSR count). The van der Waals surface area contributed by atoms with Crippen LogP contribution in [0, 0.1) is 6.92 Å². The number of benzene rings is 1. The molecule has 0 aliphatic heterocycles. The highest BCUT2D eigenvalue weighted by Gasteiger charge is 2.18. The summed E-state index contributed by atoms with van der Waals surface area (Å²) in [4.78, 5) is 18.4. The fourth-order valence-corrected chi connectivity index (χ4v) is 2.58. The van der Waals surface area contributed by atoms with Gasteiger partial charge in [-0.15, -0.1) is 0 Å². The molecule has 24 heavy (non-hydrogen) atoms. The lowest BCUT2D eigenvalue weighted by molar-refractivity contribution is -0.119.